The second kappa shape index (κ2) is 11.3. The third-order valence-electron chi connectivity index (χ3n) is 10.6. The van der Waals surface area contributed by atoms with Crippen LogP contribution in [0.3, 0.4) is 0 Å². The molecule has 5 atom stereocenters. The summed E-state index contributed by atoms with van der Waals surface area (Å²) in [7, 11) is 0. The van der Waals surface area contributed by atoms with E-state index in [1.165, 1.54) is 50.0 Å². The van der Waals surface area contributed by atoms with Crippen LogP contribution < -0.4 is 0 Å². The number of hydrogen-bond donors (Lipinski definition) is 0. The fourth-order valence-corrected chi connectivity index (χ4v) is 8.49. The Hall–Kier alpha value is -4.31. The minimum absolute atomic E-state index is 0.0575. The lowest BCUT2D eigenvalue weighted by molar-refractivity contribution is -0.984. The van der Waals surface area contributed by atoms with E-state index in [1.807, 2.05) is 6.20 Å². The summed E-state index contributed by atoms with van der Waals surface area (Å²) in [6.07, 6.45) is 6.53. The maximum absolute atomic E-state index is 7.15. The number of nitrogens with zero attached hydrogens (tertiary/aromatic N) is 2. The third kappa shape index (κ3) is 4.72. The Bertz CT molecular complexity index is 1910. The van der Waals surface area contributed by atoms with E-state index in [-0.39, 0.29) is 6.10 Å². The second-order valence-electron chi connectivity index (χ2n) is 13.0. The molecular formula is C41H39N2O+. The smallest absolute Gasteiger partial charge is 0.135 e. The minimum atomic E-state index is -0.0575. The van der Waals surface area contributed by atoms with Gasteiger partial charge in [-0.25, -0.2) is 0 Å². The number of aromatic nitrogens is 1. The van der Waals surface area contributed by atoms with E-state index >= 15 is 0 Å². The molecule has 3 nitrogen and oxygen atoms in total. The van der Waals surface area contributed by atoms with Crippen molar-refractivity contribution < 1.29 is 9.22 Å². The van der Waals surface area contributed by atoms with Crippen LogP contribution in [-0.4, -0.2) is 28.6 Å². The topological polar surface area (TPSA) is 22.1 Å². The Morgan fingerprint density at radius 3 is 2.25 bits per heavy atom. The van der Waals surface area contributed by atoms with Crippen LogP contribution in [0.2, 0.25) is 0 Å². The van der Waals surface area contributed by atoms with E-state index in [2.05, 4.69) is 128 Å². The number of ether oxygens (including phenoxy) is 1. The lowest BCUT2D eigenvalue weighted by Crippen LogP contribution is -2.67. The summed E-state index contributed by atoms with van der Waals surface area (Å²) in [4.78, 5) is 4.74. The van der Waals surface area contributed by atoms with Crippen LogP contribution in [0.5, 0.6) is 0 Å². The molecule has 0 radical (unpaired) electrons. The van der Waals surface area contributed by atoms with Crippen LogP contribution in [-0.2, 0) is 17.9 Å². The molecule has 3 saturated heterocycles. The van der Waals surface area contributed by atoms with Crippen molar-refractivity contribution in [2.75, 3.05) is 13.1 Å². The van der Waals surface area contributed by atoms with Crippen LogP contribution in [0.15, 0.2) is 134 Å². The molecule has 218 valence electrons. The fraction of sp³-hybridized carbons (Fsp3) is 0.244. The predicted molar refractivity (Wildman–Crippen MR) is 181 cm³/mol. The monoisotopic (exact) mass is 575 g/mol. The van der Waals surface area contributed by atoms with Crippen LogP contribution in [0.1, 0.15) is 35.6 Å². The molecule has 0 spiro atoms. The summed E-state index contributed by atoms with van der Waals surface area (Å²) in [6.45, 7) is 8.17. The Morgan fingerprint density at radius 1 is 0.818 bits per heavy atom. The van der Waals surface area contributed by atoms with Crippen molar-refractivity contribution in [3.63, 3.8) is 0 Å². The van der Waals surface area contributed by atoms with Crippen molar-refractivity contribution in [3.05, 3.63) is 151 Å². The maximum Gasteiger partial charge on any atom is 0.135 e. The fourth-order valence-electron chi connectivity index (χ4n) is 8.49. The van der Waals surface area contributed by atoms with Gasteiger partial charge in [0.25, 0.3) is 0 Å². The quantitative estimate of drug-likeness (QED) is 0.102. The van der Waals surface area contributed by atoms with Crippen molar-refractivity contribution in [1.82, 2.24) is 4.98 Å². The summed E-state index contributed by atoms with van der Waals surface area (Å²) in [5.74, 6) is 1.16. The number of hydrogen-bond acceptors (Lipinski definition) is 2. The number of quaternary nitrogens is 1. The molecule has 44 heavy (non-hydrogen) atoms. The van der Waals surface area contributed by atoms with Crippen LogP contribution >= 0.6 is 0 Å². The van der Waals surface area contributed by atoms with Crippen molar-refractivity contribution in [3.8, 4) is 0 Å². The first-order valence-electron chi connectivity index (χ1n) is 16.1. The molecule has 0 amide bonds. The Labute approximate surface area is 260 Å². The zero-order chi connectivity index (χ0) is 29.5. The predicted octanol–water partition coefficient (Wildman–Crippen LogP) is 9.41. The van der Waals surface area contributed by atoms with E-state index in [0.717, 1.165) is 36.1 Å². The van der Waals surface area contributed by atoms with Crippen molar-refractivity contribution in [2.45, 2.75) is 38.1 Å². The van der Waals surface area contributed by atoms with E-state index in [4.69, 9.17) is 9.72 Å². The molecule has 3 aliphatic heterocycles. The molecule has 4 heterocycles. The normalized spacial score (nSPS) is 23.7. The van der Waals surface area contributed by atoms with Crippen LogP contribution in [0, 0.1) is 11.8 Å². The summed E-state index contributed by atoms with van der Waals surface area (Å²) < 4.78 is 8.17. The summed E-state index contributed by atoms with van der Waals surface area (Å²) in [5.41, 5.74) is 4.97. The minimum Gasteiger partial charge on any atom is -0.363 e. The molecule has 3 aliphatic rings. The molecule has 6 aromatic rings. The first kappa shape index (κ1) is 27.3. The average molecular weight is 576 g/mol. The first-order valence-corrected chi connectivity index (χ1v) is 16.1. The number of fused-ring (bicyclic) bond motifs is 6. The molecule has 0 saturated carbocycles. The van der Waals surface area contributed by atoms with Gasteiger partial charge in [-0.15, -0.1) is 6.58 Å². The number of pyridine rings is 1. The Kier molecular flexibility index (Phi) is 7.01. The van der Waals surface area contributed by atoms with Gasteiger partial charge in [-0.05, 0) is 56.8 Å². The van der Waals surface area contributed by atoms with Crippen LogP contribution in [0.25, 0.3) is 32.4 Å². The Balaban J connectivity index is 1.30. The molecule has 9 rings (SSSR count). The van der Waals surface area contributed by atoms with E-state index in [9.17, 15) is 0 Å². The zero-order valence-corrected chi connectivity index (χ0v) is 25.2. The van der Waals surface area contributed by atoms with Crippen molar-refractivity contribution in [2.24, 2.45) is 11.8 Å². The van der Waals surface area contributed by atoms with E-state index in [0.29, 0.717) is 24.5 Å². The third-order valence-corrected chi connectivity index (χ3v) is 10.6. The van der Waals surface area contributed by atoms with Gasteiger partial charge in [-0.3, -0.25) is 4.98 Å². The highest BCUT2D eigenvalue weighted by Gasteiger charge is 2.55. The SMILES string of the molecule is C=CC1C[N+]2(Cc3c4ccccc4cc4ccccc34)CCC1C[C@H]2[C@H](OCc1ccccc1)c1ccnc2ccccc12. The zero-order valence-electron chi connectivity index (χ0n) is 25.2. The van der Waals surface area contributed by atoms with Gasteiger partial charge in [0.1, 0.15) is 18.7 Å². The van der Waals surface area contributed by atoms with Gasteiger partial charge < -0.3 is 9.22 Å². The average Bonchev–Trinajstić information content (AvgIpc) is 3.09. The molecule has 5 aromatic carbocycles. The largest absolute Gasteiger partial charge is 0.363 e. The maximum atomic E-state index is 7.15. The van der Waals surface area contributed by atoms with Gasteiger partial charge in [-0.1, -0.05) is 103 Å². The number of rotatable bonds is 8. The molecule has 3 heteroatoms. The highest BCUT2D eigenvalue weighted by atomic mass is 16.5. The Morgan fingerprint density at radius 2 is 1.50 bits per heavy atom. The van der Waals surface area contributed by atoms with Crippen molar-refractivity contribution >= 4 is 32.4 Å². The number of piperidine rings is 3. The van der Waals surface area contributed by atoms with Gasteiger partial charge in [0.15, 0.2) is 0 Å². The van der Waals surface area contributed by atoms with Gasteiger partial charge in [0.2, 0.25) is 0 Å². The van der Waals surface area contributed by atoms with Crippen LogP contribution in [0.4, 0.5) is 0 Å². The number of para-hydroxylation sites is 1. The summed E-state index contributed by atoms with van der Waals surface area (Å²) in [6, 6.07) is 42.0. The summed E-state index contributed by atoms with van der Waals surface area (Å²) >= 11 is 0. The molecule has 0 aliphatic carbocycles. The second-order valence-corrected chi connectivity index (χ2v) is 13.0. The molecular weight excluding hydrogens is 536 g/mol. The van der Waals surface area contributed by atoms with Crippen molar-refractivity contribution in [1.29, 1.82) is 0 Å². The standard InChI is InChI=1S/C41H39N2O/c1-2-30-26-43(27-38-34-16-8-6-14-32(34)24-33-15-7-9-17-35(33)38)23-21-31(30)25-40(43)41(44-28-29-12-4-3-5-13-29)37-20-22-42-39-19-11-10-18-36(37)39/h2-20,22,24,30-31,40-41H,1,21,23,25-28H2/q+1/t30?,31?,40-,41+,43?/m0/s1. The van der Waals surface area contributed by atoms with Gasteiger partial charge in [0.05, 0.1) is 25.2 Å². The highest BCUT2D eigenvalue weighted by Crippen LogP contribution is 2.50. The van der Waals surface area contributed by atoms with Gasteiger partial charge >= 0.3 is 0 Å². The molecule has 2 bridgehead atoms. The van der Waals surface area contributed by atoms with Gasteiger partial charge in [-0.2, -0.15) is 0 Å². The lowest BCUT2D eigenvalue weighted by Gasteiger charge is -2.58. The highest BCUT2D eigenvalue weighted by molar-refractivity contribution is 6.02. The molecule has 1 aromatic heterocycles. The molecule has 3 unspecified atom stereocenters. The first-order chi connectivity index (χ1) is 21.7. The van der Waals surface area contributed by atoms with E-state index < -0.39 is 0 Å². The lowest BCUT2D eigenvalue weighted by atomic mass is 9.70. The molecule has 0 N–H and O–H groups in total. The van der Waals surface area contributed by atoms with E-state index in [1.54, 1.807) is 0 Å². The summed E-state index contributed by atoms with van der Waals surface area (Å²) in [5, 5.41) is 6.58. The van der Waals surface area contributed by atoms with Gasteiger partial charge in [0, 0.05) is 35.9 Å². The number of benzene rings is 5. The molecule has 3 fully saturated rings.